The minimum Gasteiger partial charge on any atom is -0.392 e. The van der Waals surface area contributed by atoms with E-state index < -0.39 is 0 Å². The van der Waals surface area contributed by atoms with Crippen molar-refractivity contribution in [2.24, 2.45) is 11.7 Å². The van der Waals surface area contributed by atoms with Crippen LogP contribution in [0.4, 0.5) is 0 Å². The fraction of sp³-hybridized carbons (Fsp3) is 0.647. The Balaban J connectivity index is 2.91. The van der Waals surface area contributed by atoms with E-state index in [9.17, 15) is 5.11 Å². The minimum atomic E-state index is -0.328. The van der Waals surface area contributed by atoms with E-state index >= 15 is 0 Å². The highest BCUT2D eigenvalue weighted by molar-refractivity contribution is 5.30. The molecule has 0 bridgehead atoms. The summed E-state index contributed by atoms with van der Waals surface area (Å²) in [5.41, 5.74) is 8.37. The molecule has 0 saturated heterocycles. The summed E-state index contributed by atoms with van der Waals surface area (Å²) in [6, 6.07) is 8.27. The highest BCUT2D eigenvalue weighted by Gasteiger charge is 2.27. The average molecular weight is 263 g/mol. The van der Waals surface area contributed by atoms with Gasteiger partial charge in [0.2, 0.25) is 0 Å². The zero-order chi connectivity index (χ0) is 14.3. The zero-order valence-electron chi connectivity index (χ0n) is 12.6. The van der Waals surface area contributed by atoms with Gasteiger partial charge in [-0.2, -0.15) is 0 Å². The van der Waals surface area contributed by atoms with Crippen LogP contribution in [0.5, 0.6) is 0 Å². The van der Waals surface area contributed by atoms with Crippen LogP contribution in [0.25, 0.3) is 0 Å². The van der Waals surface area contributed by atoms with E-state index in [0.29, 0.717) is 12.5 Å². The van der Waals surface area contributed by atoms with Crippen molar-refractivity contribution in [2.75, 3.05) is 6.54 Å². The van der Waals surface area contributed by atoms with E-state index in [-0.39, 0.29) is 12.0 Å². The summed E-state index contributed by atoms with van der Waals surface area (Å²) < 4.78 is 0. The maximum absolute atomic E-state index is 10.7. The van der Waals surface area contributed by atoms with Gasteiger partial charge < -0.3 is 10.8 Å². The summed E-state index contributed by atoms with van der Waals surface area (Å²) in [5, 5.41) is 10.7. The summed E-state index contributed by atoms with van der Waals surface area (Å²) in [7, 11) is 0. The molecule has 0 aliphatic heterocycles. The topological polar surface area (TPSA) is 46.2 Å². The van der Waals surface area contributed by atoms with Gasteiger partial charge in [-0.1, -0.05) is 51.0 Å². The molecule has 0 aliphatic carbocycles. The Kier molecular flexibility index (Phi) is 7.11. The summed E-state index contributed by atoms with van der Waals surface area (Å²) in [6.07, 6.45) is 4.07. The average Bonchev–Trinajstić information content (AvgIpc) is 2.41. The van der Waals surface area contributed by atoms with Crippen molar-refractivity contribution in [3.8, 4) is 0 Å². The first-order chi connectivity index (χ1) is 9.15. The van der Waals surface area contributed by atoms with Gasteiger partial charge in [-0.15, -0.1) is 0 Å². The quantitative estimate of drug-likeness (QED) is 0.752. The molecule has 2 nitrogen and oxygen atoms in total. The number of benzene rings is 1. The van der Waals surface area contributed by atoms with Gasteiger partial charge in [0.25, 0.3) is 0 Å². The van der Waals surface area contributed by atoms with Crippen molar-refractivity contribution < 1.29 is 5.11 Å². The maximum Gasteiger partial charge on any atom is 0.0649 e. The van der Waals surface area contributed by atoms with Gasteiger partial charge in [0.05, 0.1) is 6.10 Å². The summed E-state index contributed by atoms with van der Waals surface area (Å²) >= 11 is 0. The van der Waals surface area contributed by atoms with E-state index in [4.69, 9.17) is 5.73 Å². The molecule has 0 amide bonds. The van der Waals surface area contributed by atoms with Gasteiger partial charge in [-0.3, -0.25) is 0 Å². The first-order valence-electron chi connectivity index (χ1n) is 7.59. The monoisotopic (exact) mass is 263 g/mol. The molecule has 0 aliphatic rings. The molecule has 19 heavy (non-hydrogen) atoms. The van der Waals surface area contributed by atoms with Crippen LogP contribution in [-0.2, 0) is 0 Å². The molecule has 3 N–H and O–H groups in total. The van der Waals surface area contributed by atoms with Crippen molar-refractivity contribution in [2.45, 2.75) is 58.5 Å². The number of aryl methyl sites for hydroxylation is 1. The third-order valence-corrected chi connectivity index (χ3v) is 4.06. The molecule has 0 saturated carbocycles. The molecule has 108 valence electrons. The largest absolute Gasteiger partial charge is 0.392 e. The van der Waals surface area contributed by atoms with Gasteiger partial charge in [-0.05, 0) is 36.8 Å². The Morgan fingerprint density at radius 2 is 1.68 bits per heavy atom. The number of rotatable bonds is 8. The highest BCUT2D eigenvalue weighted by atomic mass is 16.3. The molecule has 2 unspecified atom stereocenters. The van der Waals surface area contributed by atoms with Crippen molar-refractivity contribution in [3.63, 3.8) is 0 Å². The van der Waals surface area contributed by atoms with Gasteiger partial charge >= 0.3 is 0 Å². The van der Waals surface area contributed by atoms with Crippen LogP contribution in [0.1, 0.15) is 56.6 Å². The second-order valence-electron chi connectivity index (χ2n) is 5.53. The first-order valence-corrected chi connectivity index (χ1v) is 7.59. The van der Waals surface area contributed by atoms with Crippen LogP contribution < -0.4 is 5.73 Å². The molecule has 0 fully saturated rings. The number of aliphatic hydroxyl groups is 1. The third-order valence-electron chi connectivity index (χ3n) is 4.06. The smallest absolute Gasteiger partial charge is 0.0649 e. The molecule has 0 spiro atoms. The second-order valence-corrected chi connectivity index (χ2v) is 5.53. The Morgan fingerprint density at radius 1 is 1.11 bits per heavy atom. The molecular weight excluding hydrogens is 234 g/mol. The number of aliphatic hydroxyl groups excluding tert-OH is 1. The molecule has 2 heteroatoms. The third kappa shape index (κ3) is 4.32. The zero-order valence-corrected chi connectivity index (χ0v) is 12.6. The fourth-order valence-electron chi connectivity index (χ4n) is 3.01. The lowest BCUT2D eigenvalue weighted by atomic mass is 9.80. The summed E-state index contributed by atoms with van der Waals surface area (Å²) in [6.45, 7) is 6.97. The van der Waals surface area contributed by atoms with E-state index in [1.54, 1.807) is 0 Å². The van der Waals surface area contributed by atoms with Crippen LogP contribution in [0.3, 0.4) is 0 Å². The highest BCUT2D eigenvalue weighted by Crippen LogP contribution is 2.30. The molecule has 0 radical (unpaired) electrons. The lowest BCUT2D eigenvalue weighted by Crippen LogP contribution is -2.33. The second kappa shape index (κ2) is 8.34. The number of hydrogen-bond donors (Lipinski definition) is 2. The van der Waals surface area contributed by atoms with E-state index in [1.165, 1.54) is 11.1 Å². The van der Waals surface area contributed by atoms with Crippen LogP contribution in [0.15, 0.2) is 24.3 Å². The molecule has 1 aromatic carbocycles. The minimum absolute atomic E-state index is 0.0595. The molecular formula is C17H29NO. The Hall–Kier alpha value is -0.860. The normalized spacial score (nSPS) is 14.6. The number of hydrogen-bond acceptors (Lipinski definition) is 2. The molecule has 1 rings (SSSR count). The Labute approximate surface area is 118 Å². The van der Waals surface area contributed by atoms with Gasteiger partial charge in [0.15, 0.2) is 0 Å². The molecule has 0 heterocycles. The number of nitrogens with two attached hydrogens (primary N) is 1. The van der Waals surface area contributed by atoms with E-state index in [0.717, 1.165) is 25.7 Å². The fourth-order valence-corrected chi connectivity index (χ4v) is 3.01. The molecule has 0 aromatic heterocycles. The van der Waals surface area contributed by atoms with Gasteiger partial charge in [-0.25, -0.2) is 0 Å². The van der Waals surface area contributed by atoms with Crippen molar-refractivity contribution in [1.29, 1.82) is 0 Å². The van der Waals surface area contributed by atoms with E-state index in [1.807, 2.05) is 12.1 Å². The molecule has 1 aromatic rings. The van der Waals surface area contributed by atoms with Gasteiger partial charge in [0, 0.05) is 12.5 Å². The summed E-state index contributed by atoms with van der Waals surface area (Å²) in [4.78, 5) is 0. The van der Waals surface area contributed by atoms with Crippen LogP contribution >= 0.6 is 0 Å². The standard InChI is InChI=1S/C17H29NO/c1-4-8-14(9-5-2)17(19)16(12-18)15-11-7-6-10-13(15)3/h6-7,10-11,14,16-17,19H,4-5,8-9,12,18H2,1-3H3. The van der Waals surface area contributed by atoms with Crippen LogP contribution in [-0.4, -0.2) is 17.8 Å². The Morgan fingerprint density at radius 3 is 2.16 bits per heavy atom. The summed E-state index contributed by atoms with van der Waals surface area (Å²) in [5.74, 6) is 0.424. The van der Waals surface area contributed by atoms with Gasteiger partial charge in [0.1, 0.15) is 0 Å². The SMILES string of the molecule is CCCC(CCC)C(O)C(CN)c1ccccc1C. The predicted octanol–water partition coefficient (Wildman–Crippen LogP) is 3.61. The lowest BCUT2D eigenvalue weighted by Gasteiger charge is -2.30. The van der Waals surface area contributed by atoms with Crippen molar-refractivity contribution in [1.82, 2.24) is 0 Å². The van der Waals surface area contributed by atoms with Crippen LogP contribution in [0, 0.1) is 12.8 Å². The Bertz CT molecular complexity index is 358. The lowest BCUT2D eigenvalue weighted by molar-refractivity contribution is 0.0720. The molecule has 2 atom stereocenters. The maximum atomic E-state index is 10.7. The van der Waals surface area contributed by atoms with E-state index in [2.05, 4.69) is 32.9 Å². The predicted molar refractivity (Wildman–Crippen MR) is 82.3 cm³/mol. The van der Waals surface area contributed by atoms with Crippen molar-refractivity contribution in [3.05, 3.63) is 35.4 Å². The first kappa shape index (κ1) is 16.2. The van der Waals surface area contributed by atoms with Crippen molar-refractivity contribution >= 4 is 0 Å². The van der Waals surface area contributed by atoms with Crippen LogP contribution in [0.2, 0.25) is 0 Å².